The van der Waals surface area contributed by atoms with E-state index in [2.05, 4.69) is 15.9 Å². The van der Waals surface area contributed by atoms with E-state index in [1.165, 1.54) is 17.0 Å². The smallest absolute Gasteiger partial charge is 0.295 e. The third-order valence-corrected chi connectivity index (χ3v) is 6.34. The molecule has 7 nitrogen and oxygen atoms in total. The number of carbonyl (C=O) groups is 1. The van der Waals surface area contributed by atoms with Crippen LogP contribution in [-0.2, 0) is 6.42 Å². The maximum absolute atomic E-state index is 13.6. The number of non-ortho nitro benzene ring substituents is 1. The number of fused-ring (bicyclic) bond motifs is 2. The Kier molecular flexibility index (Phi) is 5.09. The van der Waals surface area contributed by atoms with Gasteiger partial charge in [-0.2, -0.15) is 0 Å². The highest BCUT2D eigenvalue weighted by atomic mass is 79.9. The van der Waals surface area contributed by atoms with E-state index in [4.69, 9.17) is 4.42 Å². The monoisotopic (exact) mass is 504 g/mol. The summed E-state index contributed by atoms with van der Waals surface area (Å²) in [6.07, 6.45) is 0.836. The average Bonchev–Trinajstić information content (AvgIpc) is 3.12. The van der Waals surface area contributed by atoms with Crippen molar-refractivity contribution in [2.75, 3.05) is 4.90 Å². The van der Waals surface area contributed by atoms with Gasteiger partial charge in [0.1, 0.15) is 5.58 Å². The molecule has 1 amide bonds. The second kappa shape index (κ2) is 7.97. The Hall–Kier alpha value is -3.78. The highest BCUT2D eigenvalue weighted by Gasteiger charge is 2.44. The summed E-state index contributed by atoms with van der Waals surface area (Å²) < 4.78 is 6.63. The zero-order chi connectivity index (χ0) is 23.3. The van der Waals surface area contributed by atoms with Crippen LogP contribution in [0.3, 0.4) is 0 Å². The standard InChI is InChI=1S/C25H17BrN2O5/c1-2-14-6-9-17(10-7-14)27-22(15-4-3-5-18(12-15)28(31)32)21-23(29)19-13-16(26)8-11-20(19)33-24(21)25(27)30/h3-13,22H,2H2,1H3. The minimum Gasteiger partial charge on any atom is -0.450 e. The van der Waals surface area contributed by atoms with Crippen LogP contribution in [0, 0.1) is 10.1 Å². The first kappa shape index (κ1) is 21.1. The summed E-state index contributed by atoms with van der Waals surface area (Å²) in [5.74, 6) is -0.515. The molecule has 164 valence electrons. The van der Waals surface area contributed by atoms with Crippen molar-refractivity contribution in [3.05, 3.63) is 114 Å². The van der Waals surface area contributed by atoms with E-state index in [1.54, 1.807) is 30.3 Å². The number of benzene rings is 3. The zero-order valence-corrected chi connectivity index (χ0v) is 19.0. The van der Waals surface area contributed by atoms with Crippen LogP contribution < -0.4 is 10.3 Å². The van der Waals surface area contributed by atoms with E-state index in [1.807, 2.05) is 31.2 Å². The van der Waals surface area contributed by atoms with Crippen LogP contribution in [0.1, 0.15) is 40.2 Å². The van der Waals surface area contributed by atoms with Gasteiger partial charge < -0.3 is 4.42 Å². The molecule has 0 bridgehead atoms. The molecule has 0 saturated heterocycles. The topological polar surface area (TPSA) is 93.7 Å². The predicted molar refractivity (Wildman–Crippen MR) is 128 cm³/mol. The molecule has 0 fully saturated rings. The fourth-order valence-corrected chi connectivity index (χ4v) is 4.59. The van der Waals surface area contributed by atoms with Crippen molar-refractivity contribution in [2.24, 2.45) is 0 Å². The molecule has 0 aliphatic carbocycles. The van der Waals surface area contributed by atoms with Crippen molar-refractivity contribution in [1.82, 2.24) is 0 Å². The molecule has 3 aromatic carbocycles. The van der Waals surface area contributed by atoms with Crippen LogP contribution in [-0.4, -0.2) is 10.8 Å². The number of amides is 1. The fourth-order valence-electron chi connectivity index (χ4n) is 4.23. The van der Waals surface area contributed by atoms with Gasteiger partial charge in [0.25, 0.3) is 11.6 Å². The van der Waals surface area contributed by atoms with Gasteiger partial charge in [0.05, 0.1) is 21.9 Å². The second-order valence-corrected chi connectivity index (χ2v) is 8.68. The van der Waals surface area contributed by atoms with Crippen molar-refractivity contribution in [3.63, 3.8) is 0 Å². The molecule has 0 saturated carbocycles. The first-order chi connectivity index (χ1) is 15.9. The van der Waals surface area contributed by atoms with Crippen LogP contribution >= 0.6 is 15.9 Å². The molecule has 33 heavy (non-hydrogen) atoms. The van der Waals surface area contributed by atoms with E-state index in [0.717, 1.165) is 12.0 Å². The van der Waals surface area contributed by atoms with Gasteiger partial charge in [-0.1, -0.05) is 47.1 Å². The Morgan fingerprint density at radius 1 is 1.06 bits per heavy atom. The summed E-state index contributed by atoms with van der Waals surface area (Å²) in [5, 5.41) is 11.7. The molecule has 1 aromatic heterocycles. The minimum absolute atomic E-state index is 0.0501. The van der Waals surface area contributed by atoms with Crippen molar-refractivity contribution >= 4 is 44.2 Å². The Morgan fingerprint density at radius 2 is 1.82 bits per heavy atom. The minimum atomic E-state index is -0.862. The Bertz CT molecular complexity index is 1490. The Balaban J connectivity index is 1.80. The first-order valence-corrected chi connectivity index (χ1v) is 11.1. The SMILES string of the molecule is CCc1ccc(N2C(=O)c3oc4ccc(Br)cc4c(=O)c3C2c2cccc([N+](=O)[O-])c2)cc1. The van der Waals surface area contributed by atoms with E-state index >= 15 is 0 Å². The second-order valence-electron chi connectivity index (χ2n) is 7.76. The molecule has 0 radical (unpaired) electrons. The van der Waals surface area contributed by atoms with Gasteiger partial charge in [-0.05, 0) is 47.9 Å². The van der Waals surface area contributed by atoms with Crippen LogP contribution in [0.2, 0.25) is 0 Å². The van der Waals surface area contributed by atoms with Crippen LogP contribution in [0.25, 0.3) is 11.0 Å². The lowest BCUT2D eigenvalue weighted by Gasteiger charge is -2.25. The van der Waals surface area contributed by atoms with Gasteiger partial charge in [0, 0.05) is 22.3 Å². The highest BCUT2D eigenvalue weighted by molar-refractivity contribution is 9.10. The predicted octanol–water partition coefficient (Wildman–Crippen LogP) is 5.78. The number of hydrogen-bond donors (Lipinski definition) is 0. The quantitative estimate of drug-likeness (QED) is 0.259. The molecule has 1 aliphatic heterocycles. The Morgan fingerprint density at radius 3 is 2.52 bits per heavy atom. The van der Waals surface area contributed by atoms with Crippen LogP contribution in [0.5, 0.6) is 0 Å². The van der Waals surface area contributed by atoms with Gasteiger partial charge in [-0.25, -0.2) is 0 Å². The summed E-state index contributed by atoms with van der Waals surface area (Å²) in [4.78, 5) is 39.6. The zero-order valence-electron chi connectivity index (χ0n) is 17.4. The molecule has 8 heteroatoms. The molecular weight excluding hydrogens is 488 g/mol. The van der Waals surface area contributed by atoms with E-state index in [9.17, 15) is 19.7 Å². The summed E-state index contributed by atoms with van der Waals surface area (Å²) in [6, 6.07) is 17.6. The molecule has 2 heterocycles. The Labute approximate surface area is 196 Å². The largest absolute Gasteiger partial charge is 0.450 e. The average molecular weight is 505 g/mol. The van der Waals surface area contributed by atoms with Crippen molar-refractivity contribution < 1.29 is 14.1 Å². The van der Waals surface area contributed by atoms with E-state index in [0.29, 0.717) is 26.7 Å². The molecule has 5 rings (SSSR count). The lowest BCUT2D eigenvalue weighted by molar-refractivity contribution is -0.384. The fraction of sp³-hybridized carbons (Fsp3) is 0.120. The third kappa shape index (κ3) is 3.43. The summed E-state index contributed by atoms with van der Waals surface area (Å²) in [6.45, 7) is 2.03. The molecule has 0 spiro atoms. The summed E-state index contributed by atoms with van der Waals surface area (Å²) >= 11 is 3.37. The van der Waals surface area contributed by atoms with Crippen LogP contribution in [0.15, 0.2) is 80.4 Å². The van der Waals surface area contributed by atoms with Gasteiger partial charge >= 0.3 is 0 Å². The number of carbonyl (C=O) groups excluding carboxylic acids is 1. The summed E-state index contributed by atoms with van der Waals surface area (Å²) in [5.41, 5.74) is 2.14. The number of hydrogen-bond acceptors (Lipinski definition) is 5. The molecule has 0 N–H and O–H groups in total. The highest BCUT2D eigenvalue weighted by Crippen LogP contribution is 2.42. The number of rotatable bonds is 4. The van der Waals surface area contributed by atoms with Crippen molar-refractivity contribution in [1.29, 1.82) is 0 Å². The van der Waals surface area contributed by atoms with Crippen molar-refractivity contribution in [3.8, 4) is 0 Å². The number of nitro benzene ring substituents is 1. The normalized spacial score (nSPS) is 15.2. The van der Waals surface area contributed by atoms with Gasteiger partial charge in [-0.15, -0.1) is 0 Å². The lowest BCUT2D eigenvalue weighted by Crippen LogP contribution is -2.29. The van der Waals surface area contributed by atoms with Gasteiger partial charge in [-0.3, -0.25) is 24.6 Å². The maximum Gasteiger partial charge on any atom is 0.295 e. The van der Waals surface area contributed by atoms with Crippen molar-refractivity contribution in [2.45, 2.75) is 19.4 Å². The number of aryl methyl sites for hydroxylation is 1. The first-order valence-electron chi connectivity index (χ1n) is 10.3. The number of nitro groups is 1. The van der Waals surface area contributed by atoms with E-state index < -0.39 is 16.9 Å². The number of anilines is 1. The molecule has 4 aromatic rings. The number of nitrogens with zero attached hydrogens (tertiary/aromatic N) is 2. The summed E-state index contributed by atoms with van der Waals surface area (Å²) in [7, 11) is 0. The van der Waals surface area contributed by atoms with E-state index in [-0.39, 0.29) is 22.4 Å². The van der Waals surface area contributed by atoms with Gasteiger partial charge in [0.2, 0.25) is 5.76 Å². The molecular formula is C25H17BrN2O5. The van der Waals surface area contributed by atoms with Crippen LogP contribution in [0.4, 0.5) is 11.4 Å². The molecule has 1 unspecified atom stereocenters. The lowest BCUT2D eigenvalue weighted by atomic mass is 9.97. The molecule has 1 aliphatic rings. The number of halogens is 1. The third-order valence-electron chi connectivity index (χ3n) is 5.85. The molecule has 1 atom stereocenters. The maximum atomic E-state index is 13.6. The van der Waals surface area contributed by atoms with Gasteiger partial charge in [0.15, 0.2) is 5.43 Å².